The molecule has 2 aliphatic heterocycles. The molecular weight excluding hydrogens is 805 g/mol. The van der Waals surface area contributed by atoms with Crippen molar-refractivity contribution in [1.82, 2.24) is 0 Å². The molecule has 11 unspecified atom stereocenters. The van der Waals surface area contributed by atoms with Crippen LogP contribution in [0.25, 0.3) is 0 Å². The summed E-state index contributed by atoms with van der Waals surface area (Å²) in [6, 6.07) is 0. The molecule has 2 heterocycles. The molecule has 0 amide bonds. The molecule has 11 atom stereocenters. The summed E-state index contributed by atoms with van der Waals surface area (Å²) in [5, 5.41) is 71.8. The molecule has 0 saturated carbocycles. The van der Waals surface area contributed by atoms with E-state index in [0.717, 1.165) is 64.2 Å². The molecular formula is C47H76O15. The normalized spacial score (nSPS) is 27.8. The predicted octanol–water partition coefficient (Wildman–Crippen LogP) is 4.70. The summed E-state index contributed by atoms with van der Waals surface area (Å²) >= 11 is 0. The van der Waals surface area contributed by atoms with Crippen LogP contribution in [-0.2, 0) is 38.0 Å². The maximum Gasteiger partial charge on any atom is 0.310 e. The van der Waals surface area contributed by atoms with Gasteiger partial charge in [-0.1, -0.05) is 119 Å². The van der Waals surface area contributed by atoms with Crippen LogP contribution in [0.3, 0.4) is 0 Å². The lowest BCUT2D eigenvalue weighted by Crippen LogP contribution is -2.61. The van der Waals surface area contributed by atoms with Crippen molar-refractivity contribution in [3.05, 3.63) is 72.9 Å². The van der Waals surface area contributed by atoms with Crippen molar-refractivity contribution < 1.29 is 73.8 Å². The second-order valence-electron chi connectivity index (χ2n) is 15.5. The minimum absolute atomic E-state index is 0.0721. The van der Waals surface area contributed by atoms with E-state index in [1.54, 1.807) is 6.08 Å². The molecule has 2 rings (SSSR count). The van der Waals surface area contributed by atoms with Crippen LogP contribution in [0, 0.1) is 0 Å². The van der Waals surface area contributed by atoms with Crippen LogP contribution in [0.4, 0.5) is 0 Å². The van der Waals surface area contributed by atoms with Gasteiger partial charge in [-0.25, -0.2) is 0 Å². The summed E-state index contributed by atoms with van der Waals surface area (Å²) in [5.74, 6) is -1.09. The van der Waals surface area contributed by atoms with E-state index in [0.29, 0.717) is 12.8 Å². The van der Waals surface area contributed by atoms with Crippen molar-refractivity contribution in [3.8, 4) is 0 Å². The van der Waals surface area contributed by atoms with Crippen LogP contribution in [0.1, 0.15) is 117 Å². The fraction of sp³-hybridized carbons (Fsp3) is 0.702. The zero-order chi connectivity index (χ0) is 45.4. The number of hydrogen-bond donors (Lipinski definition) is 7. The second kappa shape index (κ2) is 34.4. The minimum Gasteiger partial charge on any atom is -0.462 e. The molecule has 0 spiro atoms. The summed E-state index contributed by atoms with van der Waals surface area (Å²) < 4.78 is 33.3. The van der Waals surface area contributed by atoms with Crippen molar-refractivity contribution in [2.24, 2.45) is 0 Å². The molecule has 354 valence electrons. The lowest BCUT2D eigenvalue weighted by atomic mass is 9.98. The minimum atomic E-state index is -1.78. The van der Waals surface area contributed by atoms with E-state index >= 15 is 0 Å². The van der Waals surface area contributed by atoms with Crippen LogP contribution in [0.2, 0.25) is 0 Å². The number of ether oxygens (including phenoxy) is 6. The Morgan fingerprint density at radius 2 is 1.06 bits per heavy atom. The molecule has 0 radical (unpaired) electrons. The summed E-state index contributed by atoms with van der Waals surface area (Å²) in [6.45, 7) is 2.28. The molecule has 0 aromatic rings. The quantitative estimate of drug-likeness (QED) is 0.0276. The Morgan fingerprint density at radius 1 is 0.548 bits per heavy atom. The Balaban J connectivity index is 1.91. The van der Waals surface area contributed by atoms with Crippen LogP contribution >= 0.6 is 0 Å². The molecule has 7 N–H and O–H groups in total. The van der Waals surface area contributed by atoms with E-state index in [1.165, 1.54) is 12.8 Å². The first-order chi connectivity index (χ1) is 30.0. The van der Waals surface area contributed by atoms with Gasteiger partial charge in [-0.15, -0.1) is 0 Å². The monoisotopic (exact) mass is 881 g/mol. The maximum atomic E-state index is 12.9. The van der Waals surface area contributed by atoms with Crippen molar-refractivity contribution >= 4 is 11.9 Å². The van der Waals surface area contributed by atoms with Gasteiger partial charge >= 0.3 is 11.9 Å². The Labute approximate surface area is 368 Å². The third-order valence-corrected chi connectivity index (χ3v) is 10.2. The second-order valence-corrected chi connectivity index (χ2v) is 15.5. The lowest BCUT2D eigenvalue weighted by Gasteiger charge is -2.42. The first kappa shape index (κ1) is 55.1. The third kappa shape index (κ3) is 23.0. The lowest BCUT2D eigenvalue weighted by molar-refractivity contribution is -0.332. The van der Waals surface area contributed by atoms with E-state index in [-0.39, 0.29) is 19.4 Å². The van der Waals surface area contributed by atoms with Gasteiger partial charge in [-0.3, -0.25) is 9.59 Å². The highest BCUT2D eigenvalue weighted by molar-refractivity contribution is 5.71. The van der Waals surface area contributed by atoms with Crippen molar-refractivity contribution in [3.63, 3.8) is 0 Å². The largest absolute Gasteiger partial charge is 0.462 e. The third-order valence-electron chi connectivity index (χ3n) is 10.2. The average molecular weight is 881 g/mol. The zero-order valence-corrected chi connectivity index (χ0v) is 36.8. The molecule has 0 bridgehead atoms. The number of hydrogen-bond acceptors (Lipinski definition) is 15. The topological polar surface area (TPSA) is 231 Å². The van der Waals surface area contributed by atoms with Crippen molar-refractivity contribution in [2.75, 3.05) is 26.4 Å². The number of allylic oxidation sites excluding steroid dienone is 11. The number of carbonyl (C=O) groups excluding carboxylic acids is 2. The molecule has 15 nitrogen and oxygen atoms in total. The fourth-order valence-electron chi connectivity index (χ4n) is 6.45. The summed E-state index contributed by atoms with van der Waals surface area (Å²) in [7, 11) is 0. The van der Waals surface area contributed by atoms with E-state index in [9.17, 15) is 45.3 Å². The Morgan fingerprint density at radius 3 is 1.66 bits per heavy atom. The number of aliphatic hydroxyl groups excluding tert-OH is 7. The number of rotatable bonds is 32. The van der Waals surface area contributed by atoms with Gasteiger partial charge in [-0.05, 0) is 57.8 Å². The Bertz CT molecular complexity index is 1360. The molecule has 2 fully saturated rings. The van der Waals surface area contributed by atoms with Crippen LogP contribution in [0.5, 0.6) is 0 Å². The molecule has 62 heavy (non-hydrogen) atoms. The molecule has 2 saturated heterocycles. The standard InChI is InChI=1S/C47H76O15/c1-3-5-7-9-11-13-15-16-17-18-20-22-24-26-28-30-39(50)60-35(32-57-38(49)29-27-25-23-21-19-14-12-10-8-6-4-2)33-58-46-45(56)43(54)41(52)37(62-46)34-59-47-44(55)42(53)40(51)36(31-48)61-47/h5,7,10-13,16-17,20,22,26,28,35-37,40-48,51-56H,3-4,6,8-9,14-15,18-19,21,23-25,27,29-34H2,1-2H3/b7-5-,12-10-,13-11-,17-16-,22-20-,28-26-. The zero-order valence-electron chi connectivity index (χ0n) is 36.8. The van der Waals surface area contributed by atoms with E-state index in [1.807, 2.05) is 18.2 Å². The van der Waals surface area contributed by atoms with Gasteiger partial charge in [0, 0.05) is 6.42 Å². The number of esters is 2. The SMILES string of the molecule is CC/C=C\C/C=C\C/C=C\C/C=C\C/C=C\CC(=O)OC(COC(=O)CCCCCCC/C=C\CCCC)COC1OC(COC2OC(CO)C(O)C(O)C2O)C(O)C(O)C1O. The highest BCUT2D eigenvalue weighted by atomic mass is 16.7. The molecule has 0 aliphatic carbocycles. The first-order valence-electron chi connectivity index (χ1n) is 22.5. The van der Waals surface area contributed by atoms with Gasteiger partial charge in [0.1, 0.15) is 55.4 Å². The summed E-state index contributed by atoms with van der Waals surface area (Å²) in [5.41, 5.74) is 0. The number of carbonyl (C=O) groups is 2. The first-order valence-corrected chi connectivity index (χ1v) is 22.5. The van der Waals surface area contributed by atoms with Crippen molar-refractivity contribution in [1.29, 1.82) is 0 Å². The molecule has 0 aromatic heterocycles. The fourth-order valence-corrected chi connectivity index (χ4v) is 6.45. The Kier molecular flexibility index (Phi) is 30.5. The van der Waals surface area contributed by atoms with Gasteiger partial charge in [-0.2, -0.15) is 0 Å². The highest BCUT2D eigenvalue weighted by Gasteiger charge is 2.47. The molecule has 15 heteroatoms. The van der Waals surface area contributed by atoms with E-state index < -0.39 is 99.3 Å². The summed E-state index contributed by atoms with van der Waals surface area (Å²) in [4.78, 5) is 25.5. The van der Waals surface area contributed by atoms with Crippen LogP contribution in [-0.4, -0.2) is 142 Å². The van der Waals surface area contributed by atoms with Gasteiger partial charge in [0.05, 0.1) is 26.2 Å². The molecule has 2 aliphatic rings. The van der Waals surface area contributed by atoms with Gasteiger partial charge in [0.25, 0.3) is 0 Å². The Hall–Kier alpha value is -3.06. The maximum absolute atomic E-state index is 12.9. The molecule has 0 aromatic carbocycles. The summed E-state index contributed by atoms with van der Waals surface area (Å²) in [6.07, 6.45) is 21.2. The van der Waals surface area contributed by atoms with Gasteiger partial charge < -0.3 is 64.2 Å². The average Bonchev–Trinajstić information content (AvgIpc) is 3.26. The van der Waals surface area contributed by atoms with E-state index in [2.05, 4.69) is 62.5 Å². The highest BCUT2D eigenvalue weighted by Crippen LogP contribution is 2.26. The van der Waals surface area contributed by atoms with E-state index in [4.69, 9.17) is 28.4 Å². The van der Waals surface area contributed by atoms with Gasteiger partial charge in [0.2, 0.25) is 0 Å². The number of unbranched alkanes of at least 4 members (excludes halogenated alkanes) is 7. The van der Waals surface area contributed by atoms with Crippen molar-refractivity contribution in [2.45, 2.75) is 184 Å². The smallest absolute Gasteiger partial charge is 0.310 e. The number of aliphatic hydroxyl groups is 7. The van der Waals surface area contributed by atoms with Crippen LogP contribution < -0.4 is 0 Å². The predicted molar refractivity (Wildman–Crippen MR) is 233 cm³/mol. The van der Waals surface area contributed by atoms with Crippen LogP contribution in [0.15, 0.2) is 72.9 Å². The van der Waals surface area contributed by atoms with Gasteiger partial charge in [0.15, 0.2) is 18.7 Å².